The quantitative estimate of drug-likeness (QED) is 0.506. The minimum absolute atomic E-state index is 0.711. The first-order valence-corrected chi connectivity index (χ1v) is 2.63. The van der Waals surface area contributed by atoms with Crippen molar-refractivity contribution in [1.82, 2.24) is 0 Å². The number of hydrogen-bond acceptors (Lipinski definition) is 0. The second-order valence-corrected chi connectivity index (χ2v) is 2.09. The first kappa shape index (κ1) is 6.29. The van der Waals surface area contributed by atoms with E-state index < -0.39 is 0 Å². The molecule has 0 aliphatic heterocycles. The third-order valence-corrected chi connectivity index (χ3v) is 0.739. The third-order valence-electron chi connectivity index (χ3n) is 0.560. The van der Waals surface area contributed by atoms with E-state index >= 15 is 0 Å². The SMILES string of the molecule is CC(C)C[CH]Cl. The second-order valence-electron chi connectivity index (χ2n) is 1.78. The van der Waals surface area contributed by atoms with Crippen LogP contribution in [0.5, 0.6) is 0 Å². The van der Waals surface area contributed by atoms with Gasteiger partial charge in [-0.05, 0) is 12.3 Å². The molecule has 37 valence electrons. The van der Waals surface area contributed by atoms with Gasteiger partial charge in [-0.15, -0.1) is 11.6 Å². The molecule has 0 fully saturated rings. The Morgan fingerprint density at radius 3 is 2.17 bits per heavy atom. The van der Waals surface area contributed by atoms with E-state index in [-0.39, 0.29) is 0 Å². The zero-order chi connectivity index (χ0) is 4.99. The summed E-state index contributed by atoms with van der Waals surface area (Å²) >= 11 is 5.27. The van der Waals surface area contributed by atoms with Crippen LogP contribution >= 0.6 is 11.6 Å². The van der Waals surface area contributed by atoms with Crippen molar-refractivity contribution in [2.45, 2.75) is 20.3 Å². The average Bonchev–Trinajstić information content (AvgIpc) is 1.35. The van der Waals surface area contributed by atoms with Gasteiger partial charge in [0.2, 0.25) is 0 Å². The van der Waals surface area contributed by atoms with Gasteiger partial charge in [0.1, 0.15) is 0 Å². The lowest BCUT2D eigenvalue weighted by Gasteiger charge is -1.94. The highest BCUT2D eigenvalue weighted by atomic mass is 35.5. The standard InChI is InChI=1S/C5H10Cl/c1-5(2)3-4-6/h4-5H,3H2,1-2H3. The van der Waals surface area contributed by atoms with Crippen LogP contribution in [0.25, 0.3) is 0 Å². The first-order chi connectivity index (χ1) is 2.77. The van der Waals surface area contributed by atoms with Crippen molar-refractivity contribution in [3.63, 3.8) is 0 Å². The van der Waals surface area contributed by atoms with E-state index in [1.165, 1.54) is 0 Å². The van der Waals surface area contributed by atoms with Crippen LogP contribution < -0.4 is 0 Å². The van der Waals surface area contributed by atoms with Gasteiger partial charge in [0.25, 0.3) is 0 Å². The maximum atomic E-state index is 5.27. The molecule has 0 spiro atoms. The largest absolute Gasteiger partial charge is 0.121 e. The molecular formula is C5H10Cl. The fourth-order valence-corrected chi connectivity index (χ4v) is 0.535. The molecule has 0 aromatic rings. The lowest BCUT2D eigenvalue weighted by atomic mass is 10.2. The summed E-state index contributed by atoms with van der Waals surface area (Å²) in [6.07, 6.45) is 1.02. The molecule has 6 heavy (non-hydrogen) atoms. The molecule has 0 unspecified atom stereocenters. The van der Waals surface area contributed by atoms with Crippen LogP contribution in [0.4, 0.5) is 0 Å². The van der Waals surface area contributed by atoms with Crippen molar-refractivity contribution in [3.05, 3.63) is 5.88 Å². The summed E-state index contributed by atoms with van der Waals surface area (Å²) in [6, 6.07) is 0. The van der Waals surface area contributed by atoms with E-state index in [9.17, 15) is 0 Å². The van der Waals surface area contributed by atoms with Crippen LogP contribution in [0, 0.1) is 11.8 Å². The highest BCUT2D eigenvalue weighted by Gasteiger charge is 1.87. The molecule has 0 amide bonds. The summed E-state index contributed by atoms with van der Waals surface area (Å²) in [4.78, 5) is 0. The first-order valence-electron chi connectivity index (χ1n) is 2.19. The normalized spacial score (nSPS) is 10.0. The molecule has 0 aromatic heterocycles. The number of halogens is 1. The predicted octanol–water partition coefficient (Wildman–Crippen LogP) is 2.43. The van der Waals surface area contributed by atoms with E-state index in [4.69, 9.17) is 11.6 Å². The van der Waals surface area contributed by atoms with E-state index in [2.05, 4.69) is 13.8 Å². The van der Waals surface area contributed by atoms with Gasteiger partial charge in [-0.3, -0.25) is 0 Å². The Labute approximate surface area is 44.5 Å². The van der Waals surface area contributed by atoms with Crippen molar-refractivity contribution < 1.29 is 0 Å². The van der Waals surface area contributed by atoms with E-state index in [1.807, 2.05) is 0 Å². The Bertz CT molecular complexity index is 25.1. The summed E-state index contributed by atoms with van der Waals surface area (Å²) in [6.45, 7) is 4.28. The minimum Gasteiger partial charge on any atom is -0.121 e. The van der Waals surface area contributed by atoms with E-state index in [1.54, 1.807) is 5.88 Å². The maximum absolute atomic E-state index is 5.27. The third kappa shape index (κ3) is 4.29. The smallest absolute Gasteiger partial charge is 0.0502 e. The van der Waals surface area contributed by atoms with Crippen LogP contribution in [-0.2, 0) is 0 Å². The Kier molecular flexibility index (Phi) is 3.65. The molecule has 0 rings (SSSR count). The van der Waals surface area contributed by atoms with Crippen molar-refractivity contribution in [3.8, 4) is 0 Å². The molecule has 0 atom stereocenters. The lowest BCUT2D eigenvalue weighted by molar-refractivity contribution is 0.654. The van der Waals surface area contributed by atoms with Crippen LogP contribution in [0.1, 0.15) is 20.3 Å². The lowest BCUT2D eigenvalue weighted by Crippen LogP contribution is -1.81. The summed E-state index contributed by atoms with van der Waals surface area (Å²) in [5.41, 5.74) is 0. The monoisotopic (exact) mass is 105 g/mol. The number of rotatable bonds is 2. The number of hydrogen-bond donors (Lipinski definition) is 0. The Hall–Kier alpha value is 0.290. The van der Waals surface area contributed by atoms with Gasteiger partial charge >= 0.3 is 0 Å². The topological polar surface area (TPSA) is 0 Å². The van der Waals surface area contributed by atoms with Gasteiger partial charge in [-0.1, -0.05) is 13.8 Å². The maximum Gasteiger partial charge on any atom is 0.0502 e. The highest BCUT2D eigenvalue weighted by molar-refractivity contribution is 6.23. The summed E-state index contributed by atoms with van der Waals surface area (Å²) < 4.78 is 0. The van der Waals surface area contributed by atoms with Crippen LogP contribution in [0.3, 0.4) is 0 Å². The van der Waals surface area contributed by atoms with Crippen LogP contribution in [0.2, 0.25) is 0 Å². The van der Waals surface area contributed by atoms with Gasteiger partial charge in [0.05, 0.1) is 5.88 Å². The van der Waals surface area contributed by atoms with Crippen molar-refractivity contribution in [2.24, 2.45) is 5.92 Å². The van der Waals surface area contributed by atoms with E-state index in [0.717, 1.165) is 6.42 Å². The van der Waals surface area contributed by atoms with E-state index in [0.29, 0.717) is 5.92 Å². The van der Waals surface area contributed by atoms with Gasteiger partial charge in [-0.25, -0.2) is 0 Å². The zero-order valence-corrected chi connectivity index (χ0v) is 5.00. The van der Waals surface area contributed by atoms with Gasteiger partial charge in [0, 0.05) is 0 Å². The molecule has 0 bridgehead atoms. The Morgan fingerprint density at radius 1 is 1.67 bits per heavy atom. The second kappa shape index (κ2) is 3.48. The van der Waals surface area contributed by atoms with Crippen molar-refractivity contribution in [2.75, 3.05) is 0 Å². The van der Waals surface area contributed by atoms with Gasteiger partial charge in [-0.2, -0.15) is 0 Å². The predicted molar refractivity (Wildman–Crippen MR) is 29.6 cm³/mol. The van der Waals surface area contributed by atoms with Crippen molar-refractivity contribution >= 4 is 11.6 Å². The summed E-state index contributed by atoms with van der Waals surface area (Å²) in [7, 11) is 0. The van der Waals surface area contributed by atoms with Crippen LogP contribution in [0.15, 0.2) is 0 Å². The molecule has 0 aliphatic carbocycles. The molecule has 1 radical (unpaired) electrons. The molecule has 0 N–H and O–H groups in total. The summed E-state index contributed by atoms with van der Waals surface area (Å²) in [5.74, 6) is 2.38. The highest BCUT2D eigenvalue weighted by Crippen LogP contribution is 2.03. The molecule has 1 heteroatoms. The molecule has 0 aromatic carbocycles. The molecule has 0 saturated carbocycles. The fourth-order valence-electron chi connectivity index (χ4n) is 0.178. The fraction of sp³-hybridized carbons (Fsp3) is 0.800. The summed E-state index contributed by atoms with van der Waals surface area (Å²) in [5, 5.41) is 0. The molecule has 0 nitrogen and oxygen atoms in total. The zero-order valence-electron chi connectivity index (χ0n) is 4.24. The molecule has 0 aliphatic rings. The average molecular weight is 106 g/mol. The van der Waals surface area contributed by atoms with Crippen molar-refractivity contribution in [1.29, 1.82) is 0 Å². The van der Waals surface area contributed by atoms with Gasteiger partial charge < -0.3 is 0 Å². The molecule has 0 saturated heterocycles. The van der Waals surface area contributed by atoms with Gasteiger partial charge in [0.15, 0.2) is 0 Å². The Balaban J connectivity index is 2.63. The minimum atomic E-state index is 0.711. The Morgan fingerprint density at radius 2 is 2.17 bits per heavy atom. The van der Waals surface area contributed by atoms with Crippen LogP contribution in [-0.4, -0.2) is 0 Å². The molecular weight excluding hydrogens is 95.5 g/mol. The molecule has 0 heterocycles.